The van der Waals surface area contributed by atoms with Crippen LogP contribution in [-0.2, 0) is 0 Å². The van der Waals surface area contributed by atoms with Crippen LogP contribution in [0.3, 0.4) is 0 Å². The van der Waals surface area contributed by atoms with Gasteiger partial charge in [0.2, 0.25) is 0 Å². The first-order valence-electron chi connectivity index (χ1n) is 8.54. The molecule has 1 heteroatoms. The SMILES string of the molecule is Cc1cc(C)c2c(c1C)OCC2c1ccc(-c2ccccc2)cc1. The lowest BCUT2D eigenvalue weighted by Crippen LogP contribution is -2.03. The maximum Gasteiger partial charge on any atom is 0.126 e. The summed E-state index contributed by atoms with van der Waals surface area (Å²) in [6, 6.07) is 21.8. The zero-order chi connectivity index (χ0) is 16.7. The van der Waals surface area contributed by atoms with E-state index < -0.39 is 0 Å². The Kier molecular flexibility index (Phi) is 3.65. The molecule has 0 aliphatic carbocycles. The van der Waals surface area contributed by atoms with E-state index in [0.717, 1.165) is 12.4 Å². The average molecular weight is 314 g/mol. The van der Waals surface area contributed by atoms with Gasteiger partial charge in [-0.2, -0.15) is 0 Å². The van der Waals surface area contributed by atoms with Crippen LogP contribution in [0, 0.1) is 20.8 Å². The Balaban J connectivity index is 1.72. The van der Waals surface area contributed by atoms with Crippen LogP contribution in [0.5, 0.6) is 5.75 Å². The third-order valence-corrected chi connectivity index (χ3v) is 5.20. The molecule has 3 aromatic rings. The Morgan fingerprint density at radius 3 is 2.17 bits per heavy atom. The minimum absolute atomic E-state index is 0.337. The summed E-state index contributed by atoms with van der Waals surface area (Å²) >= 11 is 0. The summed E-state index contributed by atoms with van der Waals surface area (Å²) < 4.78 is 6.07. The number of fused-ring (bicyclic) bond motifs is 1. The highest BCUT2D eigenvalue weighted by molar-refractivity contribution is 5.64. The van der Waals surface area contributed by atoms with Gasteiger partial charge in [0.05, 0.1) is 6.61 Å². The molecule has 3 aromatic carbocycles. The highest BCUT2D eigenvalue weighted by Gasteiger charge is 2.29. The Bertz CT molecular complexity index is 876. The summed E-state index contributed by atoms with van der Waals surface area (Å²) in [5, 5.41) is 0. The van der Waals surface area contributed by atoms with Gasteiger partial charge in [0.15, 0.2) is 0 Å². The summed E-state index contributed by atoms with van der Waals surface area (Å²) in [4.78, 5) is 0. The topological polar surface area (TPSA) is 9.23 Å². The van der Waals surface area contributed by atoms with E-state index in [2.05, 4.69) is 81.4 Å². The van der Waals surface area contributed by atoms with Crippen LogP contribution in [0.15, 0.2) is 60.7 Å². The van der Waals surface area contributed by atoms with Crippen molar-refractivity contribution in [2.45, 2.75) is 26.7 Å². The third kappa shape index (κ3) is 2.41. The first-order valence-corrected chi connectivity index (χ1v) is 8.54. The van der Waals surface area contributed by atoms with Crippen molar-refractivity contribution in [2.24, 2.45) is 0 Å². The van der Waals surface area contributed by atoms with Crippen LogP contribution in [-0.4, -0.2) is 6.61 Å². The van der Waals surface area contributed by atoms with Crippen LogP contribution in [0.4, 0.5) is 0 Å². The lowest BCUT2D eigenvalue weighted by Gasteiger charge is -2.14. The molecular formula is C23H22O. The molecule has 0 saturated carbocycles. The number of ether oxygens (including phenoxy) is 1. The lowest BCUT2D eigenvalue weighted by atomic mass is 9.87. The van der Waals surface area contributed by atoms with Gasteiger partial charge in [-0.15, -0.1) is 0 Å². The summed E-state index contributed by atoms with van der Waals surface area (Å²) in [5.74, 6) is 1.44. The Morgan fingerprint density at radius 1 is 0.792 bits per heavy atom. The molecule has 1 aliphatic rings. The molecule has 0 bridgehead atoms. The summed E-state index contributed by atoms with van der Waals surface area (Å²) in [6.45, 7) is 7.26. The van der Waals surface area contributed by atoms with Crippen LogP contribution in [0.2, 0.25) is 0 Å². The lowest BCUT2D eigenvalue weighted by molar-refractivity contribution is 0.341. The van der Waals surface area contributed by atoms with Gasteiger partial charge in [0.1, 0.15) is 5.75 Å². The molecule has 0 amide bonds. The standard InChI is InChI=1S/C23H22O/c1-15-13-16(2)22-21(14-24-23(22)17(15)3)20-11-9-19(10-12-20)18-7-5-4-6-8-18/h4-13,21H,14H2,1-3H3. The van der Waals surface area contributed by atoms with Gasteiger partial charge in [-0.1, -0.05) is 60.7 Å². The van der Waals surface area contributed by atoms with E-state index in [-0.39, 0.29) is 0 Å². The van der Waals surface area contributed by atoms with Crippen molar-refractivity contribution in [3.8, 4) is 16.9 Å². The normalized spacial score (nSPS) is 15.9. The molecule has 1 aliphatic heterocycles. The van der Waals surface area contributed by atoms with Gasteiger partial charge in [0.25, 0.3) is 0 Å². The van der Waals surface area contributed by atoms with E-state index >= 15 is 0 Å². The zero-order valence-electron chi connectivity index (χ0n) is 14.5. The molecule has 0 saturated heterocycles. The molecule has 24 heavy (non-hydrogen) atoms. The number of rotatable bonds is 2. The van der Waals surface area contributed by atoms with Gasteiger partial charge in [-0.25, -0.2) is 0 Å². The maximum atomic E-state index is 6.07. The highest BCUT2D eigenvalue weighted by atomic mass is 16.5. The fourth-order valence-electron chi connectivity index (χ4n) is 3.74. The second-order valence-electron chi connectivity index (χ2n) is 6.73. The maximum absolute atomic E-state index is 6.07. The van der Waals surface area contributed by atoms with Crippen molar-refractivity contribution >= 4 is 0 Å². The van der Waals surface area contributed by atoms with Crippen LogP contribution in [0.25, 0.3) is 11.1 Å². The molecule has 1 atom stereocenters. The second-order valence-corrected chi connectivity index (χ2v) is 6.73. The van der Waals surface area contributed by atoms with Crippen molar-refractivity contribution in [1.29, 1.82) is 0 Å². The Morgan fingerprint density at radius 2 is 1.46 bits per heavy atom. The second kappa shape index (κ2) is 5.83. The Labute approximate surface area is 143 Å². The predicted octanol–water partition coefficient (Wildman–Crippen LogP) is 5.80. The van der Waals surface area contributed by atoms with Gasteiger partial charge >= 0.3 is 0 Å². The van der Waals surface area contributed by atoms with E-state index in [1.54, 1.807) is 0 Å². The fourth-order valence-corrected chi connectivity index (χ4v) is 3.74. The Hall–Kier alpha value is -2.54. The molecule has 0 spiro atoms. The molecule has 0 N–H and O–H groups in total. The largest absolute Gasteiger partial charge is 0.492 e. The molecule has 4 rings (SSSR count). The summed E-state index contributed by atoms with van der Waals surface area (Å²) in [7, 11) is 0. The molecule has 120 valence electrons. The number of hydrogen-bond donors (Lipinski definition) is 0. The first-order chi connectivity index (χ1) is 11.6. The molecule has 1 unspecified atom stereocenters. The van der Waals surface area contributed by atoms with E-state index in [9.17, 15) is 0 Å². The molecular weight excluding hydrogens is 292 g/mol. The fraction of sp³-hybridized carbons (Fsp3) is 0.217. The van der Waals surface area contributed by atoms with Gasteiger partial charge in [0, 0.05) is 11.5 Å². The van der Waals surface area contributed by atoms with Crippen LogP contribution in [0.1, 0.15) is 33.7 Å². The van der Waals surface area contributed by atoms with Gasteiger partial charge in [-0.05, 0) is 54.2 Å². The van der Waals surface area contributed by atoms with Crippen molar-refractivity contribution in [3.63, 3.8) is 0 Å². The average Bonchev–Trinajstić information content (AvgIpc) is 3.06. The highest BCUT2D eigenvalue weighted by Crippen LogP contribution is 2.43. The van der Waals surface area contributed by atoms with E-state index in [4.69, 9.17) is 4.74 Å². The smallest absolute Gasteiger partial charge is 0.126 e. The molecule has 1 nitrogen and oxygen atoms in total. The predicted molar refractivity (Wildman–Crippen MR) is 99.9 cm³/mol. The third-order valence-electron chi connectivity index (χ3n) is 5.20. The van der Waals surface area contributed by atoms with Crippen LogP contribution >= 0.6 is 0 Å². The minimum Gasteiger partial charge on any atom is -0.492 e. The van der Waals surface area contributed by atoms with Crippen molar-refractivity contribution in [3.05, 3.63) is 88.5 Å². The number of aryl methyl sites for hydroxylation is 2. The summed E-state index contributed by atoms with van der Waals surface area (Å²) in [5.41, 5.74) is 9.14. The molecule has 0 fully saturated rings. The minimum atomic E-state index is 0.337. The van der Waals surface area contributed by atoms with Gasteiger partial charge < -0.3 is 4.74 Å². The van der Waals surface area contributed by atoms with E-state index in [0.29, 0.717) is 5.92 Å². The number of benzene rings is 3. The number of hydrogen-bond acceptors (Lipinski definition) is 1. The van der Waals surface area contributed by atoms with Gasteiger partial charge in [-0.3, -0.25) is 0 Å². The van der Waals surface area contributed by atoms with E-state index in [1.165, 1.54) is 38.9 Å². The molecule has 0 aromatic heterocycles. The zero-order valence-corrected chi connectivity index (χ0v) is 14.5. The van der Waals surface area contributed by atoms with Crippen molar-refractivity contribution in [2.75, 3.05) is 6.61 Å². The molecule has 0 radical (unpaired) electrons. The van der Waals surface area contributed by atoms with Crippen molar-refractivity contribution < 1.29 is 4.74 Å². The quantitative estimate of drug-likeness (QED) is 0.580. The van der Waals surface area contributed by atoms with E-state index in [1.807, 2.05) is 0 Å². The first kappa shape index (κ1) is 15.0. The summed E-state index contributed by atoms with van der Waals surface area (Å²) in [6.07, 6.45) is 0. The van der Waals surface area contributed by atoms with Crippen LogP contribution < -0.4 is 4.74 Å². The molecule has 1 heterocycles. The van der Waals surface area contributed by atoms with Crippen molar-refractivity contribution in [1.82, 2.24) is 0 Å². The monoisotopic (exact) mass is 314 g/mol.